The number of amides is 2. The Kier molecular flexibility index (Phi) is 7.54. The van der Waals surface area contributed by atoms with E-state index in [4.69, 9.17) is 16.3 Å². The van der Waals surface area contributed by atoms with Crippen LogP contribution in [-0.2, 0) is 9.59 Å². The second-order valence-electron chi connectivity index (χ2n) is 6.43. The molecular formula is C22H22ClN3O3S. The molecule has 1 fully saturated rings. The molecule has 1 atom stereocenters. The van der Waals surface area contributed by atoms with Crippen molar-refractivity contribution in [2.75, 3.05) is 18.5 Å². The van der Waals surface area contributed by atoms with Gasteiger partial charge in [-0.05, 0) is 49.4 Å². The second kappa shape index (κ2) is 10.3. The highest BCUT2D eigenvalue weighted by molar-refractivity contribution is 8.15. The lowest BCUT2D eigenvalue weighted by Gasteiger charge is -2.14. The number of hydrogen-bond donors (Lipinski definition) is 1. The number of anilines is 1. The van der Waals surface area contributed by atoms with Gasteiger partial charge in [0.1, 0.15) is 11.0 Å². The average Bonchev–Trinajstić information content (AvgIpc) is 2.99. The summed E-state index contributed by atoms with van der Waals surface area (Å²) in [5.41, 5.74) is 1.29. The van der Waals surface area contributed by atoms with Crippen LogP contribution in [0.1, 0.15) is 13.3 Å². The average molecular weight is 444 g/mol. The molecule has 0 bridgehead atoms. The summed E-state index contributed by atoms with van der Waals surface area (Å²) in [6.07, 6.45) is 1.67. The molecule has 1 aliphatic heterocycles. The lowest BCUT2D eigenvalue weighted by atomic mass is 10.2. The van der Waals surface area contributed by atoms with Crippen molar-refractivity contribution in [3.05, 3.63) is 66.2 Å². The molecule has 0 saturated carbocycles. The number of nitrogens with zero attached hydrogens (tertiary/aromatic N) is 2. The van der Waals surface area contributed by atoms with E-state index in [0.29, 0.717) is 34.7 Å². The summed E-state index contributed by atoms with van der Waals surface area (Å²) in [7, 11) is 0. The number of carbonyl (C=O) groups is 2. The quantitative estimate of drug-likeness (QED) is 0.590. The highest BCUT2D eigenvalue weighted by Crippen LogP contribution is 2.32. The van der Waals surface area contributed by atoms with Gasteiger partial charge < -0.3 is 10.1 Å². The Bertz CT molecular complexity index is 962. The van der Waals surface area contributed by atoms with Crippen molar-refractivity contribution in [3.8, 4) is 5.75 Å². The number of thioether (sulfide) groups is 1. The Morgan fingerprint density at radius 1 is 1.33 bits per heavy atom. The zero-order valence-corrected chi connectivity index (χ0v) is 18.1. The van der Waals surface area contributed by atoms with Crippen LogP contribution < -0.4 is 10.1 Å². The molecule has 2 aromatic rings. The maximum Gasteiger partial charge on any atom is 0.242 e. The normalized spacial score (nSPS) is 17.3. The van der Waals surface area contributed by atoms with Crippen molar-refractivity contribution < 1.29 is 14.3 Å². The number of carbonyl (C=O) groups excluding carboxylic acids is 2. The van der Waals surface area contributed by atoms with E-state index in [0.717, 1.165) is 5.75 Å². The van der Waals surface area contributed by atoms with Gasteiger partial charge in [-0.25, -0.2) is 4.99 Å². The minimum absolute atomic E-state index is 0.0406. The van der Waals surface area contributed by atoms with Gasteiger partial charge in [0.15, 0.2) is 5.17 Å². The molecular weight excluding hydrogens is 422 g/mol. The fraction of sp³-hybridized carbons (Fsp3) is 0.227. The Balaban J connectivity index is 1.68. The van der Waals surface area contributed by atoms with E-state index in [-0.39, 0.29) is 18.2 Å². The minimum atomic E-state index is -0.550. The highest BCUT2D eigenvalue weighted by Gasteiger charge is 2.38. The molecule has 1 unspecified atom stereocenters. The molecule has 1 aliphatic rings. The summed E-state index contributed by atoms with van der Waals surface area (Å²) in [6.45, 7) is 6.51. The Morgan fingerprint density at radius 2 is 2.10 bits per heavy atom. The number of aliphatic imine (C=N–C) groups is 1. The largest absolute Gasteiger partial charge is 0.494 e. The molecule has 2 amide bonds. The summed E-state index contributed by atoms with van der Waals surface area (Å²) < 4.78 is 5.39. The van der Waals surface area contributed by atoms with Crippen LogP contribution in [0.3, 0.4) is 0 Å². The van der Waals surface area contributed by atoms with Crippen LogP contribution in [0.15, 0.2) is 66.2 Å². The molecule has 0 aliphatic carbocycles. The molecule has 1 N–H and O–H groups in total. The molecule has 1 saturated heterocycles. The predicted octanol–water partition coefficient (Wildman–Crippen LogP) is 4.89. The number of benzene rings is 2. The van der Waals surface area contributed by atoms with Crippen LogP contribution >= 0.6 is 23.4 Å². The first kappa shape index (κ1) is 21.9. The van der Waals surface area contributed by atoms with Crippen LogP contribution in [0.2, 0.25) is 5.02 Å². The molecule has 3 rings (SSSR count). The van der Waals surface area contributed by atoms with Crippen molar-refractivity contribution in [2.24, 2.45) is 4.99 Å². The zero-order chi connectivity index (χ0) is 21.5. The van der Waals surface area contributed by atoms with Gasteiger partial charge in [-0.3, -0.25) is 14.5 Å². The van der Waals surface area contributed by atoms with Crippen molar-refractivity contribution in [3.63, 3.8) is 0 Å². The summed E-state index contributed by atoms with van der Waals surface area (Å²) in [6, 6.07) is 14.2. The van der Waals surface area contributed by atoms with E-state index >= 15 is 0 Å². The van der Waals surface area contributed by atoms with E-state index in [1.807, 2.05) is 13.0 Å². The molecule has 1 heterocycles. The number of ether oxygens (including phenoxy) is 1. The monoisotopic (exact) mass is 443 g/mol. The van der Waals surface area contributed by atoms with Crippen LogP contribution in [0.4, 0.5) is 11.4 Å². The molecule has 0 radical (unpaired) electrons. The van der Waals surface area contributed by atoms with Crippen molar-refractivity contribution in [1.29, 1.82) is 0 Å². The standard InChI is InChI=1S/C22H22ClN3O3S/c1-3-12-26-21(28)19(30-22(26)25-17-7-5-6-15(23)13-17)14-20(27)24-16-8-10-18(11-9-16)29-4-2/h3,5-11,13,19H,1,4,12,14H2,2H3,(H,24,27). The van der Waals surface area contributed by atoms with Gasteiger partial charge in [-0.2, -0.15) is 0 Å². The number of nitrogens with one attached hydrogen (secondary N) is 1. The SMILES string of the molecule is C=CCN1C(=O)C(CC(=O)Nc2ccc(OCC)cc2)SC1=Nc1cccc(Cl)c1. The van der Waals surface area contributed by atoms with Gasteiger partial charge in [0.05, 0.1) is 12.3 Å². The highest BCUT2D eigenvalue weighted by atomic mass is 35.5. The third-order valence-electron chi connectivity index (χ3n) is 4.18. The van der Waals surface area contributed by atoms with Crippen LogP contribution in [0, 0.1) is 0 Å². The Labute approximate surface area is 185 Å². The molecule has 6 nitrogen and oxygen atoms in total. The second-order valence-corrected chi connectivity index (χ2v) is 8.03. The lowest BCUT2D eigenvalue weighted by Crippen LogP contribution is -2.33. The maximum atomic E-state index is 12.8. The van der Waals surface area contributed by atoms with E-state index in [1.54, 1.807) is 48.5 Å². The van der Waals surface area contributed by atoms with Gasteiger partial charge in [0, 0.05) is 23.7 Å². The lowest BCUT2D eigenvalue weighted by molar-refractivity contribution is -0.127. The Morgan fingerprint density at radius 3 is 2.77 bits per heavy atom. The van der Waals surface area contributed by atoms with Gasteiger partial charge in [0.25, 0.3) is 0 Å². The Hall–Kier alpha value is -2.77. The fourth-order valence-electron chi connectivity index (χ4n) is 2.86. The molecule has 30 heavy (non-hydrogen) atoms. The van der Waals surface area contributed by atoms with Gasteiger partial charge in [-0.15, -0.1) is 6.58 Å². The summed E-state index contributed by atoms with van der Waals surface area (Å²) in [5, 5.41) is 3.36. The first-order valence-electron chi connectivity index (χ1n) is 9.46. The first-order valence-corrected chi connectivity index (χ1v) is 10.7. The van der Waals surface area contributed by atoms with Crippen LogP contribution in [0.25, 0.3) is 0 Å². The fourth-order valence-corrected chi connectivity index (χ4v) is 4.21. The summed E-state index contributed by atoms with van der Waals surface area (Å²) >= 11 is 7.29. The van der Waals surface area contributed by atoms with E-state index in [2.05, 4.69) is 16.9 Å². The number of rotatable bonds is 8. The van der Waals surface area contributed by atoms with Crippen LogP contribution in [-0.4, -0.2) is 40.3 Å². The molecule has 156 valence electrons. The van der Waals surface area contributed by atoms with E-state index in [1.165, 1.54) is 16.7 Å². The van der Waals surface area contributed by atoms with Crippen molar-refractivity contribution >= 4 is 51.7 Å². The van der Waals surface area contributed by atoms with E-state index < -0.39 is 5.25 Å². The smallest absolute Gasteiger partial charge is 0.242 e. The molecule has 0 aromatic heterocycles. The minimum Gasteiger partial charge on any atom is -0.494 e. The van der Waals surface area contributed by atoms with Gasteiger partial charge >= 0.3 is 0 Å². The summed E-state index contributed by atoms with van der Waals surface area (Å²) in [4.78, 5) is 31.4. The summed E-state index contributed by atoms with van der Waals surface area (Å²) in [5.74, 6) is 0.328. The van der Waals surface area contributed by atoms with Gasteiger partial charge in [0.2, 0.25) is 11.8 Å². The third kappa shape index (κ3) is 5.64. The molecule has 0 spiro atoms. The molecule has 2 aromatic carbocycles. The third-order valence-corrected chi connectivity index (χ3v) is 5.59. The number of amidine groups is 1. The van der Waals surface area contributed by atoms with Crippen LogP contribution in [0.5, 0.6) is 5.75 Å². The number of hydrogen-bond acceptors (Lipinski definition) is 5. The van der Waals surface area contributed by atoms with Crippen molar-refractivity contribution in [2.45, 2.75) is 18.6 Å². The topological polar surface area (TPSA) is 71.0 Å². The zero-order valence-electron chi connectivity index (χ0n) is 16.5. The van der Waals surface area contributed by atoms with E-state index in [9.17, 15) is 9.59 Å². The van der Waals surface area contributed by atoms with Crippen molar-refractivity contribution in [1.82, 2.24) is 4.90 Å². The first-order chi connectivity index (χ1) is 14.5. The molecule has 8 heteroatoms. The number of halogens is 1. The maximum absolute atomic E-state index is 12.8. The predicted molar refractivity (Wildman–Crippen MR) is 123 cm³/mol. The van der Waals surface area contributed by atoms with Gasteiger partial charge in [-0.1, -0.05) is 35.5 Å².